The Labute approximate surface area is 143 Å². The molecule has 8 heteroatoms. The van der Waals surface area contributed by atoms with Crippen LogP contribution in [0.5, 0.6) is 0 Å². The Morgan fingerprint density at radius 2 is 1.50 bits per heavy atom. The molecule has 1 aromatic heterocycles. The van der Waals surface area contributed by atoms with Crippen LogP contribution in [0.4, 0.5) is 0 Å². The van der Waals surface area contributed by atoms with Gasteiger partial charge in [-0.3, -0.25) is 9.78 Å². The minimum atomic E-state index is -3.79. The second kappa shape index (κ2) is 6.16. The van der Waals surface area contributed by atoms with E-state index in [1.165, 1.54) is 24.3 Å². The Kier molecular flexibility index (Phi) is 4.18. The van der Waals surface area contributed by atoms with Crippen LogP contribution in [0.2, 0.25) is 0 Å². The first-order valence-electron chi connectivity index (χ1n) is 6.91. The van der Waals surface area contributed by atoms with E-state index in [0.717, 1.165) is 5.56 Å². The number of aromatic amines is 2. The van der Waals surface area contributed by atoms with Crippen LogP contribution in [0.3, 0.4) is 0 Å². The van der Waals surface area contributed by atoms with E-state index in [0.29, 0.717) is 16.8 Å². The fourth-order valence-electron chi connectivity index (χ4n) is 2.39. The largest absolute Gasteiger partial charge is 0.331 e. The summed E-state index contributed by atoms with van der Waals surface area (Å²) in [6.45, 7) is 0. The summed E-state index contributed by atoms with van der Waals surface area (Å²) >= 11 is 5.06. The number of primary sulfonamides is 1. The number of nitrogens with one attached hydrogen (secondary N) is 2. The minimum absolute atomic E-state index is 0.0205. The van der Waals surface area contributed by atoms with Crippen molar-refractivity contribution in [3.8, 4) is 22.4 Å². The van der Waals surface area contributed by atoms with Gasteiger partial charge >= 0.3 is 0 Å². The molecule has 0 saturated carbocycles. The van der Waals surface area contributed by atoms with Crippen LogP contribution >= 0.6 is 12.2 Å². The van der Waals surface area contributed by atoms with Gasteiger partial charge in [-0.15, -0.1) is 0 Å². The van der Waals surface area contributed by atoms with Gasteiger partial charge < -0.3 is 4.98 Å². The van der Waals surface area contributed by atoms with E-state index >= 15 is 0 Å². The summed E-state index contributed by atoms with van der Waals surface area (Å²) in [5.41, 5.74) is 1.92. The van der Waals surface area contributed by atoms with Gasteiger partial charge in [0.05, 0.1) is 16.2 Å². The zero-order valence-electron chi connectivity index (χ0n) is 12.3. The maximum atomic E-state index is 12.4. The first-order valence-corrected chi connectivity index (χ1v) is 8.87. The summed E-state index contributed by atoms with van der Waals surface area (Å²) in [6, 6.07) is 15.1. The van der Waals surface area contributed by atoms with E-state index < -0.39 is 10.0 Å². The topological polar surface area (TPSA) is 109 Å². The Morgan fingerprint density at radius 1 is 0.875 bits per heavy atom. The molecule has 0 fully saturated rings. The highest BCUT2D eigenvalue weighted by molar-refractivity contribution is 7.89. The van der Waals surface area contributed by atoms with Crippen molar-refractivity contribution in [1.29, 1.82) is 0 Å². The molecule has 0 radical (unpaired) electrons. The zero-order chi connectivity index (χ0) is 17.3. The van der Waals surface area contributed by atoms with Gasteiger partial charge in [0.15, 0.2) is 4.77 Å². The van der Waals surface area contributed by atoms with Gasteiger partial charge in [-0.05, 0) is 35.5 Å². The molecule has 0 spiro atoms. The standard InChI is InChI=1S/C16H13N3O3S2/c17-24(21,22)12-8-6-10(7-9-12)13-14(11-4-2-1-3-5-11)18-16(23)19-15(13)20/h1-9H,(H2,17,21,22)(H2,18,19,20,23). The molecule has 0 aliphatic rings. The highest BCUT2D eigenvalue weighted by Crippen LogP contribution is 2.27. The van der Waals surface area contributed by atoms with Crippen molar-refractivity contribution in [2.75, 3.05) is 0 Å². The number of H-pyrrole nitrogens is 2. The molecule has 24 heavy (non-hydrogen) atoms. The molecule has 0 saturated heterocycles. The maximum absolute atomic E-state index is 12.4. The second-order valence-electron chi connectivity index (χ2n) is 5.09. The summed E-state index contributed by atoms with van der Waals surface area (Å²) in [7, 11) is -3.79. The first-order chi connectivity index (χ1) is 11.4. The van der Waals surface area contributed by atoms with Gasteiger partial charge in [-0.1, -0.05) is 42.5 Å². The summed E-state index contributed by atoms with van der Waals surface area (Å²) in [5.74, 6) is 0. The van der Waals surface area contributed by atoms with Gasteiger partial charge in [-0.25, -0.2) is 13.6 Å². The average molecular weight is 359 g/mol. The van der Waals surface area contributed by atoms with Gasteiger partial charge in [0.2, 0.25) is 10.0 Å². The number of hydrogen-bond donors (Lipinski definition) is 3. The van der Waals surface area contributed by atoms with Crippen molar-refractivity contribution in [3.05, 3.63) is 69.7 Å². The van der Waals surface area contributed by atoms with E-state index in [-0.39, 0.29) is 15.2 Å². The fraction of sp³-hybridized carbons (Fsp3) is 0. The molecule has 0 bridgehead atoms. The Balaban J connectivity index is 2.25. The number of sulfonamides is 1. The molecule has 0 unspecified atom stereocenters. The molecule has 6 nitrogen and oxygen atoms in total. The van der Waals surface area contributed by atoms with E-state index in [2.05, 4.69) is 9.97 Å². The second-order valence-corrected chi connectivity index (χ2v) is 7.06. The van der Waals surface area contributed by atoms with Crippen LogP contribution in [-0.4, -0.2) is 18.4 Å². The molecular weight excluding hydrogens is 346 g/mol. The molecule has 122 valence electrons. The van der Waals surface area contributed by atoms with E-state index in [9.17, 15) is 13.2 Å². The third kappa shape index (κ3) is 3.21. The van der Waals surface area contributed by atoms with E-state index in [1.807, 2.05) is 30.3 Å². The van der Waals surface area contributed by atoms with Crippen molar-refractivity contribution >= 4 is 22.2 Å². The van der Waals surface area contributed by atoms with Crippen LogP contribution in [0.15, 0.2) is 64.3 Å². The van der Waals surface area contributed by atoms with Crippen LogP contribution in [0, 0.1) is 4.77 Å². The monoisotopic (exact) mass is 359 g/mol. The fourth-order valence-corrected chi connectivity index (χ4v) is 3.10. The number of hydrogen-bond acceptors (Lipinski definition) is 4. The number of nitrogens with two attached hydrogens (primary N) is 1. The van der Waals surface area contributed by atoms with Crippen molar-refractivity contribution in [2.24, 2.45) is 5.14 Å². The minimum Gasteiger partial charge on any atom is -0.331 e. The van der Waals surface area contributed by atoms with Crippen molar-refractivity contribution in [1.82, 2.24) is 9.97 Å². The number of aromatic nitrogens is 2. The molecule has 1 heterocycles. The van der Waals surface area contributed by atoms with Crippen LogP contribution < -0.4 is 10.7 Å². The third-order valence-corrected chi connectivity index (χ3v) is 4.61. The molecule has 0 aliphatic carbocycles. The molecule has 0 atom stereocenters. The average Bonchev–Trinajstić information content (AvgIpc) is 2.54. The lowest BCUT2D eigenvalue weighted by Gasteiger charge is -2.10. The predicted octanol–water partition coefficient (Wildman–Crippen LogP) is 2.41. The first kappa shape index (κ1) is 16.3. The van der Waals surface area contributed by atoms with Crippen molar-refractivity contribution in [3.63, 3.8) is 0 Å². The quantitative estimate of drug-likeness (QED) is 0.624. The van der Waals surface area contributed by atoms with E-state index in [1.54, 1.807) is 0 Å². The van der Waals surface area contributed by atoms with Gasteiger partial charge in [0.25, 0.3) is 5.56 Å². The zero-order valence-corrected chi connectivity index (χ0v) is 13.9. The number of benzene rings is 2. The lowest BCUT2D eigenvalue weighted by atomic mass is 10.0. The molecule has 3 aromatic rings. The Morgan fingerprint density at radius 3 is 2.08 bits per heavy atom. The van der Waals surface area contributed by atoms with E-state index in [4.69, 9.17) is 17.4 Å². The maximum Gasteiger partial charge on any atom is 0.260 e. The van der Waals surface area contributed by atoms with Gasteiger partial charge in [0, 0.05) is 0 Å². The smallest absolute Gasteiger partial charge is 0.260 e. The van der Waals surface area contributed by atoms with Crippen LogP contribution in [-0.2, 0) is 10.0 Å². The van der Waals surface area contributed by atoms with Crippen LogP contribution in [0.1, 0.15) is 0 Å². The summed E-state index contributed by atoms with van der Waals surface area (Å²) in [5, 5.41) is 5.10. The molecule has 4 N–H and O–H groups in total. The predicted molar refractivity (Wildman–Crippen MR) is 94.5 cm³/mol. The molecule has 0 aliphatic heterocycles. The van der Waals surface area contributed by atoms with Crippen LogP contribution in [0.25, 0.3) is 22.4 Å². The lowest BCUT2D eigenvalue weighted by Crippen LogP contribution is -2.14. The molecule has 3 rings (SSSR count). The highest BCUT2D eigenvalue weighted by Gasteiger charge is 2.14. The highest BCUT2D eigenvalue weighted by atomic mass is 32.2. The summed E-state index contributed by atoms with van der Waals surface area (Å²) in [4.78, 5) is 18.0. The van der Waals surface area contributed by atoms with Gasteiger partial charge in [0.1, 0.15) is 0 Å². The SMILES string of the molecule is NS(=O)(=O)c1ccc(-c2c(-c3ccccc3)[nH]c(=S)[nH]c2=O)cc1. The van der Waals surface area contributed by atoms with Gasteiger partial charge in [-0.2, -0.15) is 0 Å². The molecule has 2 aromatic carbocycles. The lowest BCUT2D eigenvalue weighted by molar-refractivity contribution is 0.598. The third-order valence-electron chi connectivity index (χ3n) is 3.48. The number of rotatable bonds is 3. The Hall–Kier alpha value is -2.55. The molecular formula is C16H13N3O3S2. The van der Waals surface area contributed by atoms with Crippen molar-refractivity contribution < 1.29 is 8.42 Å². The molecule has 0 amide bonds. The summed E-state index contributed by atoms with van der Waals surface area (Å²) in [6.07, 6.45) is 0. The normalized spacial score (nSPS) is 11.4. The Bertz CT molecular complexity index is 1100. The summed E-state index contributed by atoms with van der Waals surface area (Å²) < 4.78 is 23.0. The van der Waals surface area contributed by atoms with Crippen molar-refractivity contribution in [2.45, 2.75) is 4.90 Å².